The predicted molar refractivity (Wildman–Crippen MR) is 151 cm³/mol. The Balaban J connectivity index is 1.50. The zero-order valence-corrected chi connectivity index (χ0v) is 23.8. The Bertz CT molecular complexity index is 754. The quantitative estimate of drug-likeness (QED) is 0.121. The molecule has 0 amide bonds. The molecule has 0 saturated carbocycles. The minimum atomic E-state index is -0.317. The third-order valence-corrected chi connectivity index (χ3v) is 7.57. The molecule has 1 aliphatic heterocycles. The lowest BCUT2D eigenvalue weighted by Gasteiger charge is -2.17. The lowest BCUT2D eigenvalue weighted by Crippen LogP contribution is -2.26. The van der Waals surface area contributed by atoms with Gasteiger partial charge in [-0.05, 0) is 35.9 Å². The summed E-state index contributed by atoms with van der Waals surface area (Å²) in [6.07, 6.45) is 17.9. The number of hydrogen-bond acceptors (Lipinski definition) is 6. The zero-order chi connectivity index (χ0) is 25.8. The van der Waals surface area contributed by atoms with E-state index in [-0.39, 0.29) is 18.7 Å². The maximum Gasteiger partial charge on any atom is 0.338 e. The van der Waals surface area contributed by atoms with Gasteiger partial charge in [0.15, 0.2) is 0 Å². The highest BCUT2D eigenvalue weighted by Gasteiger charge is 2.15. The van der Waals surface area contributed by atoms with Gasteiger partial charge in [0.05, 0.1) is 18.0 Å². The molecule has 6 heteroatoms. The molecule has 0 saturated heterocycles. The van der Waals surface area contributed by atoms with Crippen LogP contribution >= 0.6 is 11.8 Å². The summed E-state index contributed by atoms with van der Waals surface area (Å²) in [6, 6.07) is 7.68. The van der Waals surface area contributed by atoms with E-state index in [9.17, 15) is 4.79 Å². The Hall–Kier alpha value is -1.50. The number of carbonyl (C=O) groups is 1. The van der Waals surface area contributed by atoms with Gasteiger partial charge in [-0.1, -0.05) is 89.7 Å². The first-order chi connectivity index (χ1) is 17.6. The summed E-state index contributed by atoms with van der Waals surface area (Å²) in [6.45, 7) is 6.55. The van der Waals surface area contributed by atoms with Crippen LogP contribution in [0.2, 0.25) is 0 Å². The summed E-state index contributed by atoms with van der Waals surface area (Å²) in [5, 5.41) is 0. The molecule has 0 aromatic heterocycles. The second-order valence-electron chi connectivity index (χ2n) is 9.88. The summed E-state index contributed by atoms with van der Waals surface area (Å²) < 4.78 is 16.8. The van der Waals surface area contributed by atoms with E-state index >= 15 is 0 Å². The Morgan fingerprint density at radius 3 is 2.25 bits per heavy atom. The van der Waals surface area contributed by atoms with Crippen LogP contribution in [0.15, 0.2) is 35.4 Å². The second-order valence-corrected chi connectivity index (χ2v) is 11.1. The molecular weight excluding hydrogens is 470 g/mol. The molecule has 1 aromatic rings. The summed E-state index contributed by atoms with van der Waals surface area (Å²) in [5.41, 5.74) is 1.68. The first-order valence-corrected chi connectivity index (χ1v) is 15.0. The van der Waals surface area contributed by atoms with Crippen molar-refractivity contribution in [3.63, 3.8) is 0 Å². The topological polar surface area (TPSA) is 48.0 Å². The van der Waals surface area contributed by atoms with Gasteiger partial charge in [-0.3, -0.25) is 0 Å². The van der Waals surface area contributed by atoms with Crippen LogP contribution in [-0.4, -0.2) is 49.8 Å². The number of nitrogens with zero attached hydrogens (tertiary/aromatic N) is 1. The minimum Gasteiger partial charge on any atom is -0.459 e. The second kappa shape index (κ2) is 19.6. The highest BCUT2D eigenvalue weighted by molar-refractivity contribution is 8.03. The lowest BCUT2D eigenvalue weighted by molar-refractivity contribution is -0.0314. The van der Waals surface area contributed by atoms with Crippen LogP contribution in [0, 0.1) is 0 Å². The van der Waals surface area contributed by atoms with Gasteiger partial charge in [0.2, 0.25) is 0 Å². The summed E-state index contributed by atoms with van der Waals surface area (Å²) in [7, 11) is 1.63. The predicted octanol–water partition coefficient (Wildman–Crippen LogP) is 7.94. The molecule has 1 heterocycles. The molecule has 0 aliphatic carbocycles. The van der Waals surface area contributed by atoms with Crippen molar-refractivity contribution in [2.24, 2.45) is 0 Å². The molecule has 1 aromatic carbocycles. The fourth-order valence-corrected chi connectivity index (χ4v) is 5.09. The van der Waals surface area contributed by atoms with E-state index in [2.05, 4.69) is 24.9 Å². The maximum atomic E-state index is 12.6. The van der Waals surface area contributed by atoms with Crippen LogP contribution in [0.4, 0.5) is 0 Å². The molecule has 0 fully saturated rings. The third kappa shape index (κ3) is 13.7. The van der Waals surface area contributed by atoms with Crippen LogP contribution in [0.1, 0.15) is 107 Å². The fourth-order valence-electron chi connectivity index (χ4n) is 4.33. The van der Waals surface area contributed by atoms with Crippen LogP contribution in [0.25, 0.3) is 0 Å². The number of thioether (sulfide) groups is 1. The van der Waals surface area contributed by atoms with Crippen LogP contribution in [-0.2, 0) is 20.8 Å². The van der Waals surface area contributed by atoms with Gasteiger partial charge >= 0.3 is 5.97 Å². The maximum absolute atomic E-state index is 12.6. The normalized spacial score (nSPS) is 14.2. The Morgan fingerprint density at radius 2 is 1.64 bits per heavy atom. The van der Waals surface area contributed by atoms with Gasteiger partial charge in [-0.15, -0.1) is 11.8 Å². The van der Waals surface area contributed by atoms with Crippen molar-refractivity contribution >= 4 is 17.7 Å². The van der Waals surface area contributed by atoms with Crippen molar-refractivity contribution in [1.29, 1.82) is 0 Å². The molecule has 0 spiro atoms. The van der Waals surface area contributed by atoms with Gasteiger partial charge in [-0.2, -0.15) is 0 Å². The highest BCUT2D eigenvalue weighted by atomic mass is 32.2. The van der Waals surface area contributed by atoms with Crippen molar-refractivity contribution in [2.75, 3.05) is 32.8 Å². The van der Waals surface area contributed by atoms with Gasteiger partial charge in [0.25, 0.3) is 0 Å². The Morgan fingerprint density at radius 1 is 0.972 bits per heavy atom. The Labute approximate surface area is 224 Å². The fraction of sp³-hybridized carbons (Fsp3) is 0.700. The lowest BCUT2D eigenvalue weighted by atomic mass is 10.1. The van der Waals surface area contributed by atoms with E-state index in [4.69, 9.17) is 14.2 Å². The molecule has 1 atom stereocenters. The average molecular weight is 520 g/mol. The molecule has 0 radical (unpaired) electrons. The van der Waals surface area contributed by atoms with Crippen molar-refractivity contribution in [3.8, 4) is 0 Å². The number of carbonyl (C=O) groups excluding carboxylic acids is 1. The zero-order valence-electron chi connectivity index (χ0n) is 23.0. The van der Waals surface area contributed by atoms with Gasteiger partial charge in [0.1, 0.15) is 12.7 Å². The molecule has 2 rings (SSSR count). The number of hydrogen-bond donors (Lipinski definition) is 0. The van der Waals surface area contributed by atoms with Crippen molar-refractivity contribution in [3.05, 3.63) is 46.5 Å². The number of rotatable bonds is 21. The molecular formula is C30H49NO4S. The molecule has 1 aliphatic rings. The number of methoxy groups -OCH3 is 1. The largest absolute Gasteiger partial charge is 0.459 e. The molecule has 1 unspecified atom stereocenters. The van der Waals surface area contributed by atoms with E-state index in [1.165, 1.54) is 75.5 Å². The molecule has 0 N–H and O–H groups in total. The molecule has 5 nitrogen and oxygen atoms in total. The van der Waals surface area contributed by atoms with Crippen LogP contribution in [0.5, 0.6) is 0 Å². The first-order valence-electron chi connectivity index (χ1n) is 14.0. The van der Waals surface area contributed by atoms with E-state index < -0.39 is 0 Å². The van der Waals surface area contributed by atoms with Gasteiger partial charge in [-0.25, -0.2) is 4.79 Å². The minimum absolute atomic E-state index is 0.197. The smallest absolute Gasteiger partial charge is 0.338 e. The van der Waals surface area contributed by atoms with Gasteiger partial charge in [0, 0.05) is 26.5 Å². The number of unbranched alkanes of at least 4 members (excludes halogenated alkanes) is 11. The monoisotopic (exact) mass is 519 g/mol. The summed E-state index contributed by atoms with van der Waals surface area (Å²) >= 11 is 1.84. The number of allylic oxidation sites excluding steroid dienone is 1. The van der Waals surface area contributed by atoms with Crippen LogP contribution < -0.4 is 0 Å². The van der Waals surface area contributed by atoms with E-state index in [0.29, 0.717) is 12.2 Å². The third-order valence-electron chi connectivity index (χ3n) is 6.55. The first kappa shape index (κ1) is 30.7. The molecule has 0 bridgehead atoms. The van der Waals surface area contributed by atoms with Crippen LogP contribution in [0.3, 0.4) is 0 Å². The van der Waals surface area contributed by atoms with Crippen molar-refractivity contribution in [1.82, 2.24) is 4.90 Å². The number of esters is 1. The Kier molecular flexibility index (Phi) is 16.7. The van der Waals surface area contributed by atoms with E-state index in [1.54, 1.807) is 13.2 Å². The van der Waals surface area contributed by atoms with Crippen molar-refractivity contribution < 1.29 is 19.0 Å². The van der Waals surface area contributed by atoms with Crippen molar-refractivity contribution in [2.45, 2.75) is 104 Å². The van der Waals surface area contributed by atoms with E-state index in [1.807, 2.05) is 30.0 Å². The number of ether oxygens (including phenoxy) is 3. The standard InChI is InChI=1S/C30H49NO4S/c1-4-5-6-7-8-9-10-11-12-13-14-15-19-34-23-29(33-3)24-35-30(32)28-18-16-17-27(20-28)22-31-21-26(2)36-25-31/h16-18,20-21,29H,4-15,19,22-25H2,1-3H3. The van der Waals surface area contributed by atoms with E-state index in [0.717, 1.165) is 31.0 Å². The summed E-state index contributed by atoms with van der Waals surface area (Å²) in [4.78, 5) is 16.1. The number of benzene rings is 1. The highest BCUT2D eigenvalue weighted by Crippen LogP contribution is 2.26. The SMILES string of the molecule is CCCCCCCCCCCCCCOCC(COC(=O)c1cccc(CN2C=C(C)SC2)c1)OC. The molecule has 204 valence electrons. The molecule has 36 heavy (non-hydrogen) atoms. The van der Waals surface area contributed by atoms with Gasteiger partial charge < -0.3 is 19.1 Å². The average Bonchev–Trinajstić information content (AvgIpc) is 3.30. The summed E-state index contributed by atoms with van der Waals surface area (Å²) in [5.74, 6) is 0.636.